The quantitative estimate of drug-likeness (QED) is 0.527. The second-order valence-electron chi connectivity index (χ2n) is 8.10. The van der Waals surface area contributed by atoms with E-state index < -0.39 is 0 Å². The molecule has 6 rings (SSSR count). The van der Waals surface area contributed by atoms with Gasteiger partial charge in [0.25, 0.3) is 0 Å². The number of fused-ring (bicyclic) bond motifs is 4. The molecule has 0 N–H and O–H groups in total. The van der Waals surface area contributed by atoms with Crippen LogP contribution in [0.3, 0.4) is 0 Å². The van der Waals surface area contributed by atoms with Gasteiger partial charge in [0.05, 0.1) is 30.9 Å². The molecule has 3 aromatic rings. The summed E-state index contributed by atoms with van der Waals surface area (Å²) in [6.07, 6.45) is 0. The number of para-hydroxylation sites is 1. The summed E-state index contributed by atoms with van der Waals surface area (Å²) < 4.78 is 3.15. The number of ketones is 1. The molecule has 3 saturated heterocycles. The number of piperazine rings is 3. The number of carbonyl (C=O) groups excluding carboxylic acids is 1. The highest BCUT2D eigenvalue weighted by Crippen LogP contribution is 2.34. The largest absolute Gasteiger partial charge is 0.343 e. The van der Waals surface area contributed by atoms with Gasteiger partial charge in [-0.15, -0.1) is 0 Å². The number of aromatic nitrogens is 1. The lowest BCUT2D eigenvalue weighted by atomic mass is 9.99. The number of Topliss-reactive ketones (excluding diaryl/α,β-unsaturated/α-hetero) is 1. The van der Waals surface area contributed by atoms with Crippen LogP contribution in [-0.4, -0.2) is 65.5 Å². The van der Waals surface area contributed by atoms with Gasteiger partial charge in [-0.2, -0.15) is 0 Å². The van der Waals surface area contributed by atoms with Gasteiger partial charge >= 0.3 is 0 Å². The van der Waals surface area contributed by atoms with E-state index >= 15 is 0 Å². The van der Waals surface area contributed by atoms with E-state index in [2.05, 4.69) is 46.8 Å². The molecule has 0 saturated carbocycles. The maximum absolute atomic E-state index is 13.7. The van der Waals surface area contributed by atoms with Gasteiger partial charge in [-0.3, -0.25) is 9.69 Å². The summed E-state index contributed by atoms with van der Waals surface area (Å²) in [5.41, 5.74) is 4.20. The minimum atomic E-state index is 0.293. The Morgan fingerprint density at radius 2 is 1.56 bits per heavy atom. The molecule has 2 bridgehead atoms. The number of rotatable bonds is 4. The van der Waals surface area contributed by atoms with Crippen molar-refractivity contribution < 1.29 is 9.28 Å². The van der Waals surface area contributed by atoms with Crippen LogP contribution in [0.5, 0.6) is 0 Å². The van der Waals surface area contributed by atoms with Gasteiger partial charge in [-0.05, 0) is 11.6 Å². The molecule has 0 spiro atoms. The van der Waals surface area contributed by atoms with Crippen LogP contribution in [-0.2, 0) is 7.05 Å². The summed E-state index contributed by atoms with van der Waals surface area (Å²) in [6.45, 7) is 7.35. The zero-order valence-corrected chi connectivity index (χ0v) is 15.9. The Kier molecular flexibility index (Phi) is 3.92. The van der Waals surface area contributed by atoms with Crippen molar-refractivity contribution in [2.75, 3.05) is 45.8 Å². The topological polar surface area (TPSA) is 25.2 Å². The molecular weight excluding hydrogens is 334 g/mol. The molecule has 3 fully saturated rings. The van der Waals surface area contributed by atoms with Crippen LogP contribution in [0.15, 0.2) is 54.6 Å². The van der Waals surface area contributed by atoms with E-state index in [9.17, 15) is 4.79 Å². The number of hydrogen-bond acceptors (Lipinski definition) is 2. The first-order chi connectivity index (χ1) is 13.2. The zero-order chi connectivity index (χ0) is 18.4. The Hall–Kier alpha value is -2.43. The van der Waals surface area contributed by atoms with Crippen LogP contribution >= 0.6 is 0 Å². The summed E-state index contributed by atoms with van der Waals surface area (Å²) in [5, 5.41) is 1.08. The number of aryl methyl sites for hydroxylation is 1. The fourth-order valence-corrected chi connectivity index (χ4v) is 4.96. The van der Waals surface area contributed by atoms with E-state index in [1.165, 1.54) is 0 Å². The Labute approximate surface area is 160 Å². The predicted molar refractivity (Wildman–Crippen MR) is 109 cm³/mol. The van der Waals surface area contributed by atoms with Crippen LogP contribution < -0.4 is 0 Å². The van der Waals surface area contributed by atoms with Gasteiger partial charge in [-0.25, -0.2) is 0 Å². The van der Waals surface area contributed by atoms with Crippen LogP contribution in [0, 0.1) is 0 Å². The van der Waals surface area contributed by atoms with Gasteiger partial charge in [-0.1, -0.05) is 48.5 Å². The van der Waals surface area contributed by atoms with E-state index in [1.807, 2.05) is 24.3 Å². The van der Waals surface area contributed by atoms with E-state index in [0.717, 1.165) is 71.5 Å². The van der Waals surface area contributed by atoms with Crippen molar-refractivity contribution in [2.45, 2.75) is 0 Å². The first kappa shape index (κ1) is 16.7. The van der Waals surface area contributed by atoms with Gasteiger partial charge < -0.3 is 9.05 Å². The third-order valence-corrected chi connectivity index (χ3v) is 6.58. The van der Waals surface area contributed by atoms with Crippen molar-refractivity contribution in [1.29, 1.82) is 0 Å². The van der Waals surface area contributed by atoms with Crippen molar-refractivity contribution in [3.05, 3.63) is 60.2 Å². The first-order valence-corrected chi connectivity index (χ1v) is 9.90. The average molecular weight is 360 g/mol. The van der Waals surface area contributed by atoms with Crippen molar-refractivity contribution in [3.8, 4) is 11.3 Å². The van der Waals surface area contributed by atoms with E-state index in [1.54, 1.807) is 0 Å². The lowest BCUT2D eigenvalue weighted by molar-refractivity contribution is -0.933. The third-order valence-electron chi connectivity index (χ3n) is 6.58. The number of nitrogens with zero attached hydrogens (tertiary/aromatic N) is 3. The number of carbonyl (C=O) groups is 1. The molecule has 4 nitrogen and oxygen atoms in total. The molecule has 0 radical (unpaired) electrons. The molecule has 0 aliphatic carbocycles. The smallest absolute Gasteiger partial charge is 0.219 e. The van der Waals surface area contributed by atoms with Gasteiger partial charge in [0.15, 0.2) is 0 Å². The summed E-state index contributed by atoms with van der Waals surface area (Å²) >= 11 is 0. The van der Waals surface area contributed by atoms with E-state index in [4.69, 9.17) is 0 Å². The molecule has 3 aliphatic heterocycles. The molecule has 0 amide bonds. The summed E-state index contributed by atoms with van der Waals surface area (Å²) in [4.78, 5) is 16.2. The highest BCUT2D eigenvalue weighted by Gasteiger charge is 2.40. The molecule has 4 heterocycles. The first-order valence-electron chi connectivity index (χ1n) is 9.90. The summed E-state index contributed by atoms with van der Waals surface area (Å²) in [5.74, 6) is 0.293. The number of hydrogen-bond donors (Lipinski definition) is 0. The van der Waals surface area contributed by atoms with Crippen molar-refractivity contribution in [1.82, 2.24) is 9.47 Å². The molecule has 3 aliphatic rings. The lowest BCUT2D eigenvalue weighted by Crippen LogP contribution is -2.68. The lowest BCUT2D eigenvalue weighted by Gasteiger charge is -2.50. The summed E-state index contributed by atoms with van der Waals surface area (Å²) in [7, 11) is 2.08. The Bertz CT molecular complexity index is 983. The third kappa shape index (κ3) is 2.71. The van der Waals surface area contributed by atoms with Crippen molar-refractivity contribution in [3.63, 3.8) is 0 Å². The highest BCUT2D eigenvalue weighted by atomic mass is 16.1. The monoisotopic (exact) mass is 360 g/mol. The van der Waals surface area contributed by atoms with Crippen LogP contribution in [0.1, 0.15) is 10.4 Å². The van der Waals surface area contributed by atoms with Gasteiger partial charge in [0.1, 0.15) is 6.54 Å². The second kappa shape index (κ2) is 6.32. The van der Waals surface area contributed by atoms with Crippen LogP contribution in [0.25, 0.3) is 22.2 Å². The summed E-state index contributed by atoms with van der Waals surface area (Å²) in [6, 6.07) is 18.7. The average Bonchev–Trinajstić information content (AvgIpc) is 3.03. The van der Waals surface area contributed by atoms with Crippen LogP contribution in [0.4, 0.5) is 0 Å². The molecule has 0 atom stereocenters. The maximum atomic E-state index is 13.7. The van der Waals surface area contributed by atoms with E-state index in [-0.39, 0.29) is 0 Å². The number of benzene rings is 2. The minimum absolute atomic E-state index is 0.293. The fraction of sp³-hybridized carbons (Fsp3) is 0.348. The Morgan fingerprint density at radius 3 is 2.26 bits per heavy atom. The molecule has 138 valence electrons. The SMILES string of the molecule is Cn1c(-c2ccccc2)c(C(=O)C[N+]23CCN(CC2)CC3)c2ccccc21. The number of quaternary nitrogens is 1. The molecule has 2 aromatic carbocycles. The maximum Gasteiger partial charge on any atom is 0.219 e. The fourth-order valence-electron chi connectivity index (χ4n) is 4.96. The molecule has 27 heavy (non-hydrogen) atoms. The molecule has 4 heteroatoms. The normalized spacial score (nSPS) is 24.4. The molecule has 1 aromatic heterocycles. The van der Waals surface area contributed by atoms with Crippen LogP contribution in [0.2, 0.25) is 0 Å². The predicted octanol–water partition coefficient (Wildman–Crippen LogP) is 3.17. The Morgan fingerprint density at radius 1 is 0.926 bits per heavy atom. The van der Waals surface area contributed by atoms with Crippen molar-refractivity contribution in [2.24, 2.45) is 7.05 Å². The zero-order valence-electron chi connectivity index (χ0n) is 15.9. The second-order valence-corrected chi connectivity index (χ2v) is 8.10. The standard InChI is InChI=1S/C23H26N3O/c1-24-20-10-6-5-9-19(20)22(23(24)18-7-3-2-4-8-18)21(27)17-26-14-11-25(12-15-26)13-16-26/h2-10H,11-17H2,1H3/q+1. The highest BCUT2D eigenvalue weighted by molar-refractivity contribution is 6.14. The molecular formula is C23H26N3O+. The molecule has 0 unspecified atom stereocenters. The van der Waals surface area contributed by atoms with E-state index in [0.29, 0.717) is 12.3 Å². The van der Waals surface area contributed by atoms with Gasteiger partial charge in [0, 0.05) is 37.6 Å². The minimum Gasteiger partial charge on any atom is -0.343 e. The Balaban J connectivity index is 1.62. The van der Waals surface area contributed by atoms with Gasteiger partial charge in [0.2, 0.25) is 5.78 Å². The van der Waals surface area contributed by atoms with Crippen molar-refractivity contribution >= 4 is 16.7 Å².